The van der Waals surface area contributed by atoms with Crippen molar-refractivity contribution < 1.29 is 8.42 Å². The van der Waals surface area contributed by atoms with E-state index in [4.69, 9.17) is 0 Å². The van der Waals surface area contributed by atoms with Crippen molar-refractivity contribution in [2.45, 2.75) is 18.1 Å². The summed E-state index contributed by atoms with van der Waals surface area (Å²) < 4.78 is 28.1. The van der Waals surface area contributed by atoms with Crippen molar-refractivity contribution in [2.75, 3.05) is 4.72 Å². The van der Waals surface area contributed by atoms with Crippen LogP contribution in [0.5, 0.6) is 0 Å². The molecule has 1 heterocycles. The topological polar surface area (TPSA) is 59.1 Å². The summed E-state index contributed by atoms with van der Waals surface area (Å²) in [6, 6.07) is 5.63. The highest BCUT2D eigenvalue weighted by Crippen LogP contribution is 2.24. The van der Waals surface area contributed by atoms with Crippen LogP contribution in [0.3, 0.4) is 0 Å². The van der Waals surface area contributed by atoms with Crippen LogP contribution in [0.4, 0.5) is 5.69 Å². The molecule has 0 fully saturated rings. The second-order valence-corrected chi connectivity index (χ2v) is 8.15. The Balaban J connectivity index is 2.36. The maximum atomic E-state index is 12.1. The third-order valence-corrected chi connectivity index (χ3v) is 5.72. The third kappa shape index (κ3) is 3.01. The quantitative estimate of drug-likeness (QED) is 0.814. The molecule has 0 bridgehead atoms. The first kappa shape index (κ1) is 13.8. The van der Waals surface area contributed by atoms with Crippen molar-refractivity contribution >= 4 is 49.6 Å². The largest absolute Gasteiger partial charge is 0.279 e. The highest BCUT2D eigenvalue weighted by molar-refractivity contribution is 14.1. The minimum absolute atomic E-state index is 0.235. The van der Waals surface area contributed by atoms with E-state index < -0.39 is 10.0 Å². The lowest BCUT2D eigenvalue weighted by atomic mass is 10.2. The highest BCUT2D eigenvalue weighted by Gasteiger charge is 2.18. The molecule has 1 aromatic carbocycles. The Morgan fingerprint density at radius 3 is 2.67 bits per heavy atom. The van der Waals surface area contributed by atoms with E-state index in [0.717, 1.165) is 25.5 Å². The van der Waals surface area contributed by atoms with Gasteiger partial charge in [-0.25, -0.2) is 13.4 Å². The van der Waals surface area contributed by atoms with Crippen molar-refractivity contribution in [3.05, 3.63) is 38.5 Å². The predicted octanol–water partition coefficient (Wildman–Crippen LogP) is 3.17. The van der Waals surface area contributed by atoms with Crippen molar-refractivity contribution in [3.8, 4) is 0 Å². The van der Waals surface area contributed by atoms with Crippen LogP contribution in [0.1, 0.15) is 10.6 Å². The summed E-state index contributed by atoms with van der Waals surface area (Å²) in [5.74, 6) is 0. The number of nitrogens with one attached hydrogen (secondary N) is 1. The minimum Gasteiger partial charge on any atom is -0.279 e. The second-order valence-electron chi connectivity index (χ2n) is 3.76. The minimum atomic E-state index is -3.53. The van der Waals surface area contributed by atoms with Gasteiger partial charge in [0.15, 0.2) is 4.21 Å². The first-order valence-electron chi connectivity index (χ1n) is 5.10. The monoisotopic (exact) mass is 394 g/mol. The molecule has 96 valence electrons. The molecule has 0 aliphatic carbocycles. The number of anilines is 1. The number of sulfonamides is 1. The Hall–Kier alpha value is -0.670. The Morgan fingerprint density at radius 1 is 1.33 bits per heavy atom. The molecule has 2 aromatic rings. The van der Waals surface area contributed by atoms with Gasteiger partial charge >= 0.3 is 0 Å². The van der Waals surface area contributed by atoms with E-state index in [0.29, 0.717) is 5.69 Å². The molecule has 2 rings (SSSR count). The molecule has 0 amide bonds. The Bertz CT molecular complexity index is 680. The number of nitrogens with zero attached hydrogens (tertiary/aromatic N) is 1. The van der Waals surface area contributed by atoms with Crippen LogP contribution < -0.4 is 4.72 Å². The van der Waals surface area contributed by atoms with Crippen LogP contribution in [0, 0.1) is 17.4 Å². The summed E-state index contributed by atoms with van der Waals surface area (Å²) in [5.41, 5.74) is 1.49. The lowest BCUT2D eigenvalue weighted by molar-refractivity contribution is 0.603. The van der Waals surface area contributed by atoms with Gasteiger partial charge in [-0.2, -0.15) is 0 Å². The summed E-state index contributed by atoms with van der Waals surface area (Å²) in [6.45, 7) is 3.65. The molecule has 0 saturated carbocycles. The Kier molecular flexibility index (Phi) is 3.93. The summed E-state index contributed by atoms with van der Waals surface area (Å²) in [7, 11) is -3.53. The molecule has 0 aliphatic rings. The van der Waals surface area contributed by atoms with Gasteiger partial charge in [-0.1, -0.05) is 6.07 Å². The van der Waals surface area contributed by atoms with Gasteiger partial charge in [0.05, 0.1) is 16.9 Å². The van der Waals surface area contributed by atoms with Gasteiger partial charge in [0.1, 0.15) is 0 Å². The molecule has 0 atom stereocenters. The zero-order chi connectivity index (χ0) is 13.3. The summed E-state index contributed by atoms with van der Waals surface area (Å²) in [4.78, 5) is 3.96. The number of hydrogen-bond donors (Lipinski definition) is 1. The van der Waals surface area contributed by atoms with Crippen LogP contribution in [-0.4, -0.2) is 13.4 Å². The molecule has 1 aromatic heterocycles. The van der Waals surface area contributed by atoms with Crippen LogP contribution in [0.2, 0.25) is 0 Å². The predicted molar refractivity (Wildman–Crippen MR) is 81.6 cm³/mol. The molecule has 4 nitrogen and oxygen atoms in total. The average Bonchev–Trinajstić information content (AvgIpc) is 2.71. The molecule has 0 aliphatic heterocycles. The first-order chi connectivity index (χ1) is 8.38. The van der Waals surface area contributed by atoms with E-state index >= 15 is 0 Å². The maximum Gasteiger partial charge on any atom is 0.273 e. The molecular formula is C11H11IN2O2S2. The fraction of sp³-hybridized carbons (Fsp3) is 0.182. The van der Waals surface area contributed by atoms with E-state index in [1.54, 1.807) is 13.0 Å². The fourth-order valence-electron chi connectivity index (χ4n) is 1.37. The molecule has 1 N–H and O–H groups in total. The van der Waals surface area contributed by atoms with Gasteiger partial charge in [-0.3, -0.25) is 4.72 Å². The number of benzene rings is 1. The number of halogens is 1. The zero-order valence-electron chi connectivity index (χ0n) is 9.77. The van der Waals surface area contributed by atoms with Gasteiger partial charge < -0.3 is 0 Å². The lowest BCUT2D eigenvalue weighted by Crippen LogP contribution is -2.12. The van der Waals surface area contributed by atoms with E-state index in [2.05, 4.69) is 32.3 Å². The fourth-order valence-corrected chi connectivity index (χ4v) is 4.09. The zero-order valence-corrected chi connectivity index (χ0v) is 13.6. The number of rotatable bonds is 3. The maximum absolute atomic E-state index is 12.1. The molecule has 0 radical (unpaired) electrons. The van der Waals surface area contributed by atoms with Crippen LogP contribution >= 0.6 is 33.9 Å². The molecular weight excluding hydrogens is 383 g/mol. The Morgan fingerprint density at radius 2 is 2.06 bits per heavy atom. The van der Waals surface area contributed by atoms with Crippen molar-refractivity contribution in [1.82, 2.24) is 4.98 Å². The molecule has 0 spiro atoms. The molecule has 0 unspecified atom stereocenters. The van der Waals surface area contributed by atoms with E-state index in [1.807, 2.05) is 19.1 Å². The number of hydrogen-bond acceptors (Lipinski definition) is 4. The van der Waals surface area contributed by atoms with Crippen molar-refractivity contribution in [1.29, 1.82) is 0 Å². The van der Waals surface area contributed by atoms with Gasteiger partial charge in [-0.05, 0) is 54.1 Å². The number of aromatic nitrogens is 1. The van der Waals surface area contributed by atoms with E-state index in [1.165, 1.54) is 6.20 Å². The van der Waals surface area contributed by atoms with Crippen LogP contribution in [-0.2, 0) is 10.0 Å². The molecule has 7 heteroatoms. The smallest absolute Gasteiger partial charge is 0.273 e. The molecule has 18 heavy (non-hydrogen) atoms. The SMILES string of the molecule is Cc1ncc(S(=O)(=O)Nc2cc(I)ccc2C)s1. The van der Waals surface area contributed by atoms with Crippen LogP contribution in [0.15, 0.2) is 28.6 Å². The molecule has 0 saturated heterocycles. The summed E-state index contributed by atoms with van der Waals surface area (Å²) in [5, 5.41) is 0.731. The second kappa shape index (κ2) is 5.14. The first-order valence-corrected chi connectivity index (χ1v) is 8.48. The Labute approximate surface area is 124 Å². The summed E-state index contributed by atoms with van der Waals surface area (Å²) >= 11 is 3.31. The average molecular weight is 394 g/mol. The summed E-state index contributed by atoms with van der Waals surface area (Å²) in [6.07, 6.45) is 1.38. The number of aryl methyl sites for hydroxylation is 2. The van der Waals surface area contributed by atoms with Gasteiger partial charge in [-0.15, -0.1) is 11.3 Å². The van der Waals surface area contributed by atoms with Gasteiger partial charge in [0, 0.05) is 3.57 Å². The number of thiazole rings is 1. The van der Waals surface area contributed by atoms with Crippen molar-refractivity contribution in [3.63, 3.8) is 0 Å². The normalized spacial score (nSPS) is 11.5. The highest BCUT2D eigenvalue weighted by atomic mass is 127. The third-order valence-electron chi connectivity index (χ3n) is 2.31. The van der Waals surface area contributed by atoms with Gasteiger partial charge in [0.2, 0.25) is 0 Å². The van der Waals surface area contributed by atoms with Crippen molar-refractivity contribution in [2.24, 2.45) is 0 Å². The van der Waals surface area contributed by atoms with E-state index in [-0.39, 0.29) is 4.21 Å². The van der Waals surface area contributed by atoms with E-state index in [9.17, 15) is 8.42 Å². The standard InChI is InChI=1S/C11H11IN2O2S2/c1-7-3-4-9(12)5-10(7)14-18(15,16)11-6-13-8(2)17-11/h3-6,14H,1-2H3. The van der Waals surface area contributed by atoms with Gasteiger partial charge in [0.25, 0.3) is 10.0 Å². The lowest BCUT2D eigenvalue weighted by Gasteiger charge is -2.09. The van der Waals surface area contributed by atoms with Crippen LogP contribution in [0.25, 0.3) is 0 Å².